The highest BCUT2D eigenvalue weighted by molar-refractivity contribution is 7.89. The van der Waals surface area contributed by atoms with Gasteiger partial charge in [-0.05, 0) is 37.1 Å². The summed E-state index contributed by atoms with van der Waals surface area (Å²) in [6.07, 6.45) is 2.86. The Hall–Kier alpha value is -2.25. The monoisotopic (exact) mass is 391 g/mol. The number of hydrogen-bond donors (Lipinski definition) is 0. The molecule has 0 bridgehead atoms. The topological polar surface area (TPSA) is 65.1 Å². The Morgan fingerprint density at radius 1 is 0.815 bits per heavy atom. The lowest BCUT2D eigenvalue weighted by atomic mass is 10.0. The first-order chi connectivity index (χ1) is 13.0. The molecule has 1 heterocycles. The van der Waals surface area contributed by atoms with Crippen LogP contribution in [0.3, 0.4) is 0 Å². The van der Waals surface area contributed by atoms with E-state index in [1.165, 1.54) is 0 Å². The summed E-state index contributed by atoms with van der Waals surface area (Å²) in [4.78, 5) is 0.255. The maximum atomic E-state index is 13.1. The maximum Gasteiger partial charge on any atom is 0.243 e. The van der Waals surface area contributed by atoms with E-state index in [0.29, 0.717) is 41.5 Å². The molecular weight excluding hydrogens is 366 g/mol. The predicted molar refractivity (Wildman–Crippen MR) is 104 cm³/mol. The average Bonchev–Trinajstić information content (AvgIpc) is 2.73. The molecule has 0 atom stereocenters. The van der Waals surface area contributed by atoms with E-state index in [1.807, 2.05) is 12.1 Å². The molecule has 1 aliphatic rings. The van der Waals surface area contributed by atoms with Crippen molar-refractivity contribution in [1.29, 1.82) is 0 Å². The van der Waals surface area contributed by atoms with Crippen LogP contribution in [-0.2, 0) is 10.0 Å². The number of benzene rings is 2. The lowest BCUT2D eigenvalue weighted by Crippen LogP contribution is -2.35. The SMILES string of the molecule is COc1ccc(S(=O)(=O)N2CCCCC2)cc1-c1cccc(OC)c1OC. The summed E-state index contributed by atoms with van der Waals surface area (Å²) in [7, 11) is 1.14. The molecule has 1 fully saturated rings. The quantitative estimate of drug-likeness (QED) is 0.753. The molecule has 2 aromatic carbocycles. The van der Waals surface area contributed by atoms with Crippen LogP contribution in [0.15, 0.2) is 41.3 Å². The highest BCUT2D eigenvalue weighted by atomic mass is 32.2. The number of nitrogens with zero attached hydrogens (tertiary/aromatic N) is 1. The van der Waals surface area contributed by atoms with Gasteiger partial charge in [-0.3, -0.25) is 0 Å². The summed E-state index contributed by atoms with van der Waals surface area (Å²) in [5.41, 5.74) is 1.36. The number of ether oxygens (including phenoxy) is 3. The van der Waals surface area contributed by atoms with Gasteiger partial charge in [0.1, 0.15) is 5.75 Å². The molecule has 2 aromatic rings. The number of piperidine rings is 1. The van der Waals surface area contributed by atoms with Crippen LogP contribution in [0.5, 0.6) is 17.2 Å². The Bertz CT molecular complexity index is 905. The summed E-state index contributed by atoms with van der Waals surface area (Å²) >= 11 is 0. The third kappa shape index (κ3) is 3.75. The molecule has 0 amide bonds. The molecule has 1 saturated heterocycles. The molecule has 7 heteroatoms. The summed E-state index contributed by atoms with van der Waals surface area (Å²) in [5.74, 6) is 1.67. The van der Waals surface area contributed by atoms with Gasteiger partial charge in [-0.2, -0.15) is 4.31 Å². The zero-order valence-electron chi connectivity index (χ0n) is 15.9. The summed E-state index contributed by atoms with van der Waals surface area (Å²) in [6.45, 7) is 1.12. The number of hydrogen-bond acceptors (Lipinski definition) is 5. The van der Waals surface area contributed by atoms with Crippen molar-refractivity contribution in [3.63, 3.8) is 0 Å². The minimum Gasteiger partial charge on any atom is -0.496 e. The number of rotatable bonds is 6. The molecule has 0 saturated carbocycles. The predicted octanol–water partition coefficient (Wildman–Crippen LogP) is 3.55. The summed E-state index contributed by atoms with van der Waals surface area (Å²) < 4.78 is 44.1. The van der Waals surface area contributed by atoms with E-state index in [2.05, 4.69) is 0 Å². The first-order valence-electron chi connectivity index (χ1n) is 8.92. The Morgan fingerprint density at radius 3 is 2.15 bits per heavy atom. The first-order valence-corrected chi connectivity index (χ1v) is 10.4. The van der Waals surface area contributed by atoms with E-state index in [-0.39, 0.29) is 4.90 Å². The van der Waals surface area contributed by atoms with E-state index in [9.17, 15) is 8.42 Å². The van der Waals surface area contributed by atoms with Crippen LogP contribution >= 0.6 is 0 Å². The highest BCUT2D eigenvalue weighted by Crippen LogP contribution is 2.42. The third-order valence-electron chi connectivity index (χ3n) is 4.82. The van der Waals surface area contributed by atoms with Gasteiger partial charge in [0.05, 0.1) is 26.2 Å². The number of sulfonamides is 1. The second-order valence-electron chi connectivity index (χ2n) is 6.37. The van der Waals surface area contributed by atoms with Gasteiger partial charge >= 0.3 is 0 Å². The van der Waals surface area contributed by atoms with Gasteiger partial charge in [0.25, 0.3) is 0 Å². The van der Waals surface area contributed by atoms with E-state index >= 15 is 0 Å². The van der Waals surface area contributed by atoms with E-state index < -0.39 is 10.0 Å². The van der Waals surface area contributed by atoms with E-state index in [0.717, 1.165) is 19.3 Å². The molecule has 27 heavy (non-hydrogen) atoms. The zero-order valence-corrected chi connectivity index (χ0v) is 16.7. The molecule has 0 radical (unpaired) electrons. The Kier molecular flexibility index (Phi) is 5.92. The van der Waals surface area contributed by atoms with Crippen LogP contribution in [-0.4, -0.2) is 47.1 Å². The maximum absolute atomic E-state index is 13.1. The Balaban J connectivity index is 2.13. The van der Waals surface area contributed by atoms with Crippen LogP contribution in [0, 0.1) is 0 Å². The van der Waals surface area contributed by atoms with Gasteiger partial charge in [-0.1, -0.05) is 18.6 Å². The largest absolute Gasteiger partial charge is 0.496 e. The van der Waals surface area contributed by atoms with Crippen molar-refractivity contribution >= 4 is 10.0 Å². The van der Waals surface area contributed by atoms with Gasteiger partial charge < -0.3 is 14.2 Å². The highest BCUT2D eigenvalue weighted by Gasteiger charge is 2.27. The molecular formula is C20H25NO5S. The molecule has 0 unspecified atom stereocenters. The number of para-hydroxylation sites is 1. The second-order valence-corrected chi connectivity index (χ2v) is 8.31. The fraction of sp³-hybridized carbons (Fsp3) is 0.400. The van der Waals surface area contributed by atoms with Crippen molar-refractivity contribution in [2.24, 2.45) is 0 Å². The summed E-state index contributed by atoms with van der Waals surface area (Å²) in [6, 6.07) is 10.4. The van der Waals surface area contributed by atoms with Gasteiger partial charge in [0.15, 0.2) is 11.5 Å². The van der Waals surface area contributed by atoms with Crippen LogP contribution in [0.1, 0.15) is 19.3 Å². The minimum atomic E-state index is -3.55. The van der Waals surface area contributed by atoms with Crippen molar-refractivity contribution < 1.29 is 22.6 Å². The van der Waals surface area contributed by atoms with Crippen molar-refractivity contribution in [3.05, 3.63) is 36.4 Å². The number of methoxy groups -OCH3 is 3. The zero-order chi connectivity index (χ0) is 19.4. The fourth-order valence-corrected chi connectivity index (χ4v) is 4.96. The van der Waals surface area contributed by atoms with Gasteiger partial charge in [0.2, 0.25) is 10.0 Å². The summed E-state index contributed by atoms with van der Waals surface area (Å²) in [5, 5.41) is 0. The molecule has 0 N–H and O–H groups in total. The standard InChI is InChI=1S/C20H25NO5S/c1-24-18-11-10-15(27(22,23)21-12-5-4-6-13-21)14-17(18)16-8-7-9-19(25-2)20(16)26-3/h7-11,14H,4-6,12-13H2,1-3H3. The third-order valence-corrected chi connectivity index (χ3v) is 6.71. The van der Waals surface area contributed by atoms with E-state index in [4.69, 9.17) is 14.2 Å². The van der Waals surface area contributed by atoms with Gasteiger partial charge in [-0.15, -0.1) is 0 Å². The minimum absolute atomic E-state index is 0.255. The lowest BCUT2D eigenvalue weighted by molar-refractivity contribution is 0.346. The molecule has 146 valence electrons. The molecule has 6 nitrogen and oxygen atoms in total. The van der Waals surface area contributed by atoms with Crippen molar-refractivity contribution in [3.8, 4) is 28.4 Å². The molecule has 0 aromatic heterocycles. The second kappa shape index (κ2) is 8.19. The van der Waals surface area contributed by atoms with Crippen molar-refractivity contribution in [2.45, 2.75) is 24.2 Å². The van der Waals surface area contributed by atoms with Crippen LogP contribution in [0.25, 0.3) is 11.1 Å². The lowest BCUT2D eigenvalue weighted by Gasteiger charge is -2.26. The molecule has 0 spiro atoms. The fourth-order valence-electron chi connectivity index (χ4n) is 3.41. The Morgan fingerprint density at radius 2 is 1.52 bits per heavy atom. The van der Waals surface area contributed by atoms with Crippen LogP contribution in [0.4, 0.5) is 0 Å². The molecule has 1 aliphatic heterocycles. The van der Waals surface area contributed by atoms with Crippen LogP contribution < -0.4 is 14.2 Å². The first kappa shape index (κ1) is 19.5. The van der Waals surface area contributed by atoms with Crippen molar-refractivity contribution in [2.75, 3.05) is 34.4 Å². The Labute approximate surface area is 160 Å². The van der Waals surface area contributed by atoms with Crippen LogP contribution in [0.2, 0.25) is 0 Å². The normalized spacial score (nSPS) is 15.4. The van der Waals surface area contributed by atoms with Gasteiger partial charge in [-0.25, -0.2) is 8.42 Å². The van der Waals surface area contributed by atoms with Crippen molar-refractivity contribution in [1.82, 2.24) is 4.31 Å². The molecule has 0 aliphatic carbocycles. The smallest absolute Gasteiger partial charge is 0.243 e. The molecule has 3 rings (SSSR count). The van der Waals surface area contributed by atoms with Gasteiger partial charge in [0, 0.05) is 24.2 Å². The van der Waals surface area contributed by atoms with E-state index in [1.54, 1.807) is 49.9 Å². The average molecular weight is 391 g/mol.